The molecule has 0 saturated heterocycles. The molecule has 8 nitrogen and oxygen atoms in total. The molecule has 8 heteroatoms. The zero-order chi connectivity index (χ0) is 38.9. The van der Waals surface area contributed by atoms with E-state index in [9.17, 15) is 0 Å². The van der Waals surface area contributed by atoms with E-state index in [-0.39, 0.29) is 0 Å². The number of rotatable bonds is 6. The summed E-state index contributed by atoms with van der Waals surface area (Å²) in [5.41, 5.74) is 10.6. The van der Waals surface area contributed by atoms with E-state index in [0.717, 1.165) is 77.2 Å². The first-order valence-electron chi connectivity index (χ1n) is 19.3. The summed E-state index contributed by atoms with van der Waals surface area (Å²) in [5, 5.41) is 3.82. The summed E-state index contributed by atoms with van der Waals surface area (Å²) >= 11 is 0. The van der Waals surface area contributed by atoms with Gasteiger partial charge in [-0.3, -0.25) is 0 Å². The summed E-state index contributed by atoms with van der Waals surface area (Å²) < 4.78 is 19.3. The van der Waals surface area contributed by atoms with E-state index in [2.05, 4.69) is 48.5 Å². The van der Waals surface area contributed by atoms with Gasteiger partial charge in [-0.2, -0.15) is 0 Å². The molecule has 4 aromatic heterocycles. The number of fused-ring (bicyclic) bond motifs is 8. The zero-order valence-electron chi connectivity index (χ0n) is 31.2. The molecule has 0 aliphatic heterocycles. The van der Waals surface area contributed by atoms with Crippen LogP contribution in [-0.2, 0) is 0 Å². The fourth-order valence-electron chi connectivity index (χ4n) is 7.96. The summed E-state index contributed by atoms with van der Waals surface area (Å²) in [6.45, 7) is 0. The van der Waals surface area contributed by atoms with Crippen LogP contribution in [0.15, 0.2) is 189 Å². The normalized spacial score (nSPS) is 11.7. The van der Waals surface area contributed by atoms with Crippen LogP contribution < -0.4 is 0 Å². The zero-order valence-corrected chi connectivity index (χ0v) is 31.2. The van der Waals surface area contributed by atoms with Crippen LogP contribution in [0.2, 0.25) is 0 Å². The lowest BCUT2D eigenvalue weighted by Crippen LogP contribution is -2.01. The van der Waals surface area contributed by atoms with Crippen molar-refractivity contribution in [2.45, 2.75) is 0 Å². The van der Waals surface area contributed by atoms with Crippen LogP contribution in [-0.4, -0.2) is 24.9 Å². The van der Waals surface area contributed by atoms with Gasteiger partial charge >= 0.3 is 0 Å². The monoisotopic (exact) mass is 759 g/mol. The van der Waals surface area contributed by atoms with Gasteiger partial charge in [0.2, 0.25) is 11.8 Å². The third kappa shape index (κ3) is 5.57. The van der Waals surface area contributed by atoms with Crippen molar-refractivity contribution < 1.29 is 13.3 Å². The van der Waals surface area contributed by atoms with Crippen LogP contribution in [0.1, 0.15) is 0 Å². The Balaban J connectivity index is 1.07. The Hall–Kier alpha value is -8.23. The number of aromatic nitrogens is 5. The van der Waals surface area contributed by atoms with Crippen molar-refractivity contribution in [1.82, 2.24) is 24.9 Å². The third-order valence-corrected chi connectivity index (χ3v) is 10.8. The molecule has 12 aromatic rings. The van der Waals surface area contributed by atoms with Crippen molar-refractivity contribution in [3.05, 3.63) is 176 Å². The highest BCUT2D eigenvalue weighted by atomic mass is 16.4. The second kappa shape index (κ2) is 13.2. The molecule has 0 amide bonds. The molecule has 0 fully saturated rings. The first kappa shape index (κ1) is 33.0. The minimum absolute atomic E-state index is 0.484. The van der Waals surface area contributed by atoms with Crippen molar-refractivity contribution in [3.63, 3.8) is 0 Å². The van der Waals surface area contributed by atoms with Gasteiger partial charge in [0.1, 0.15) is 22.2 Å². The van der Waals surface area contributed by atoms with Gasteiger partial charge in [0.15, 0.2) is 28.6 Å². The topological polar surface area (TPSA) is 104 Å². The Morgan fingerprint density at radius 3 is 1.69 bits per heavy atom. The lowest BCUT2D eigenvalue weighted by molar-refractivity contribution is 0.620. The first-order valence-corrected chi connectivity index (χ1v) is 19.3. The van der Waals surface area contributed by atoms with Crippen LogP contribution in [0.5, 0.6) is 0 Å². The fourth-order valence-corrected chi connectivity index (χ4v) is 7.96. The molecule has 276 valence electrons. The maximum atomic E-state index is 6.52. The Morgan fingerprint density at radius 2 is 0.932 bits per heavy atom. The molecule has 0 bridgehead atoms. The van der Waals surface area contributed by atoms with Crippen LogP contribution >= 0.6 is 0 Å². The summed E-state index contributed by atoms with van der Waals surface area (Å²) in [4.78, 5) is 25.3. The second-order valence-corrected chi connectivity index (χ2v) is 14.4. The van der Waals surface area contributed by atoms with Crippen molar-refractivity contribution >= 4 is 54.9 Å². The lowest BCUT2D eigenvalue weighted by atomic mass is 10.0. The van der Waals surface area contributed by atoms with Crippen molar-refractivity contribution in [3.8, 4) is 68.2 Å². The number of nitrogens with zero attached hydrogens (tertiary/aromatic N) is 5. The maximum Gasteiger partial charge on any atom is 0.227 e. The largest absolute Gasteiger partial charge is 0.456 e. The smallest absolute Gasteiger partial charge is 0.227 e. The molecule has 0 N–H and O–H groups in total. The Morgan fingerprint density at radius 1 is 0.339 bits per heavy atom. The van der Waals surface area contributed by atoms with Crippen LogP contribution in [0.4, 0.5) is 0 Å². The molecule has 4 heterocycles. The second-order valence-electron chi connectivity index (χ2n) is 14.4. The summed E-state index contributed by atoms with van der Waals surface area (Å²) in [6, 6.07) is 58.6. The van der Waals surface area contributed by atoms with Crippen LogP contribution in [0.25, 0.3) is 123 Å². The number of benzene rings is 8. The average molecular weight is 760 g/mol. The number of hydrogen-bond acceptors (Lipinski definition) is 8. The minimum Gasteiger partial charge on any atom is -0.456 e. The molecule has 0 unspecified atom stereocenters. The van der Waals surface area contributed by atoms with Crippen molar-refractivity contribution in [2.75, 3.05) is 0 Å². The summed E-state index contributed by atoms with van der Waals surface area (Å²) in [6.07, 6.45) is 0. The van der Waals surface area contributed by atoms with Gasteiger partial charge in [-0.15, -0.1) is 0 Å². The van der Waals surface area contributed by atoms with E-state index in [4.69, 9.17) is 38.2 Å². The molecule has 12 rings (SSSR count). The van der Waals surface area contributed by atoms with E-state index in [1.54, 1.807) is 0 Å². The summed E-state index contributed by atoms with van der Waals surface area (Å²) in [7, 11) is 0. The molecule has 8 aromatic carbocycles. The molecule has 0 aliphatic carbocycles. The summed E-state index contributed by atoms with van der Waals surface area (Å²) in [5.74, 6) is 2.62. The molecule has 0 aliphatic rings. The molecular formula is C51H29N5O3. The van der Waals surface area contributed by atoms with E-state index < -0.39 is 0 Å². The first-order chi connectivity index (χ1) is 29.2. The lowest BCUT2D eigenvalue weighted by Gasteiger charge is -2.10. The number of furan rings is 1. The van der Waals surface area contributed by atoms with Gasteiger partial charge < -0.3 is 13.3 Å². The van der Waals surface area contributed by atoms with Gasteiger partial charge in [0.25, 0.3) is 0 Å². The highest BCUT2D eigenvalue weighted by molar-refractivity contribution is 6.25. The van der Waals surface area contributed by atoms with Crippen LogP contribution in [0, 0.1) is 0 Å². The van der Waals surface area contributed by atoms with Gasteiger partial charge in [0.05, 0.1) is 5.39 Å². The van der Waals surface area contributed by atoms with Gasteiger partial charge in [-0.05, 0) is 88.6 Å². The molecule has 0 saturated carbocycles. The predicted molar refractivity (Wildman–Crippen MR) is 232 cm³/mol. The number of hydrogen-bond donors (Lipinski definition) is 0. The number of para-hydroxylation sites is 1. The Bertz CT molecular complexity index is 3560. The standard InChI is InChI=1S/C51H29N5O3/c1-4-12-30(13-5-1)34-18-10-19-35(28-34)47-54-48(56-49(55-47)37-20-11-21-42-45(37)53-51(58-42)33-16-8-3-9-17-33)36-23-22-31-24-26-40-43(38(31)29-36)44-41(57-40)27-25-39-46(44)59-50(52-39)32-14-6-2-7-15-32/h1-29H. The van der Waals surface area contributed by atoms with Gasteiger partial charge in [-0.25, -0.2) is 24.9 Å². The fraction of sp³-hybridized carbons (Fsp3) is 0. The van der Waals surface area contributed by atoms with Gasteiger partial charge in [-0.1, -0.05) is 109 Å². The average Bonchev–Trinajstić information content (AvgIpc) is 4.05. The van der Waals surface area contributed by atoms with Crippen LogP contribution in [0.3, 0.4) is 0 Å². The number of oxazole rings is 2. The van der Waals surface area contributed by atoms with E-state index in [1.165, 1.54) is 0 Å². The molecule has 0 radical (unpaired) electrons. The third-order valence-electron chi connectivity index (χ3n) is 10.8. The quantitative estimate of drug-likeness (QED) is 0.165. The van der Waals surface area contributed by atoms with E-state index in [0.29, 0.717) is 45.9 Å². The van der Waals surface area contributed by atoms with E-state index in [1.807, 2.05) is 127 Å². The Kier molecular flexibility index (Phi) is 7.36. The van der Waals surface area contributed by atoms with Gasteiger partial charge in [0, 0.05) is 33.2 Å². The Labute approximate surface area is 336 Å². The molecule has 0 spiro atoms. The SMILES string of the molecule is c1ccc(-c2cccc(-c3nc(-c4ccc5ccc6oc7ccc8nc(-c9ccccc9)oc8c7c6c5c4)nc(-c4cccc5oc(-c6ccccc6)nc45)n3)c2)cc1. The predicted octanol–water partition coefficient (Wildman–Crippen LogP) is 13.2. The highest BCUT2D eigenvalue weighted by Gasteiger charge is 2.21. The molecular weight excluding hydrogens is 731 g/mol. The molecule has 59 heavy (non-hydrogen) atoms. The minimum atomic E-state index is 0.484. The highest BCUT2D eigenvalue weighted by Crippen LogP contribution is 2.41. The molecule has 0 atom stereocenters. The van der Waals surface area contributed by atoms with Crippen molar-refractivity contribution in [1.29, 1.82) is 0 Å². The maximum absolute atomic E-state index is 6.52. The van der Waals surface area contributed by atoms with E-state index >= 15 is 0 Å². The van der Waals surface area contributed by atoms with Crippen molar-refractivity contribution in [2.24, 2.45) is 0 Å².